The SMILES string of the molecule is CC(=O)NC1(c2cccc(OC(F)(F)F)c2)CCCC(O)C1=O.CC(=O)NC1(c2cccc(OC(F)(F)F)c2)CCCC(OC(C)=O)C1=O.NC1(c2cccc(OC(F)(F)F)c2)CCCC(O)C1=O. The van der Waals surface area contributed by atoms with Crippen molar-refractivity contribution >= 4 is 35.1 Å². The molecule has 0 bridgehead atoms. The lowest BCUT2D eigenvalue weighted by Crippen LogP contribution is -2.57. The molecule has 24 heteroatoms. The molecule has 3 aliphatic carbocycles. The van der Waals surface area contributed by atoms with Crippen LogP contribution in [0.3, 0.4) is 0 Å². The maximum atomic E-state index is 13.0. The third-order valence-corrected chi connectivity index (χ3v) is 11.1. The monoisotopic (exact) mass is 993 g/mol. The highest BCUT2D eigenvalue weighted by molar-refractivity contribution is 5.98. The van der Waals surface area contributed by atoms with Crippen molar-refractivity contribution in [3.05, 3.63) is 89.5 Å². The average molecular weight is 994 g/mol. The van der Waals surface area contributed by atoms with Crippen LogP contribution < -0.4 is 30.6 Å². The van der Waals surface area contributed by atoms with E-state index in [9.17, 15) is 78.5 Å². The van der Waals surface area contributed by atoms with Gasteiger partial charge in [-0.05, 0) is 111 Å². The Hall–Kier alpha value is -6.27. The van der Waals surface area contributed by atoms with Gasteiger partial charge in [0.25, 0.3) is 0 Å². The number of ether oxygens (including phenoxy) is 4. The van der Waals surface area contributed by atoms with Gasteiger partial charge in [-0.2, -0.15) is 0 Å². The topological polar surface area (TPSA) is 230 Å². The first kappa shape index (κ1) is 55.3. The lowest BCUT2D eigenvalue weighted by molar-refractivity contribution is -0.275. The fraction of sp³-hybridized carbons (Fsp3) is 0.467. The van der Waals surface area contributed by atoms with Gasteiger partial charge in [0.15, 0.2) is 17.7 Å². The summed E-state index contributed by atoms with van der Waals surface area (Å²) in [6.45, 7) is 3.55. The first-order chi connectivity index (χ1) is 31.9. The molecule has 0 aliphatic heterocycles. The number of benzene rings is 3. The largest absolute Gasteiger partial charge is 0.573 e. The summed E-state index contributed by atoms with van der Waals surface area (Å²) in [6.07, 6.45) is -15.2. The summed E-state index contributed by atoms with van der Waals surface area (Å²) in [5, 5.41) is 24.5. The smallest absolute Gasteiger partial charge is 0.454 e. The molecule has 3 aromatic carbocycles. The molecule has 6 unspecified atom stereocenters. The second-order valence-electron chi connectivity index (χ2n) is 16.3. The first-order valence-electron chi connectivity index (χ1n) is 21.0. The predicted molar refractivity (Wildman–Crippen MR) is 220 cm³/mol. The highest BCUT2D eigenvalue weighted by Crippen LogP contribution is 2.40. The molecule has 6 N–H and O–H groups in total. The predicted octanol–water partition coefficient (Wildman–Crippen LogP) is 6.48. The number of rotatable bonds is 9. The van der Waals surface area contributed by atoms with Gasteiger partial charge in [-0.25, -0.2) is 0 Å². The summed E-state index contributed by atoms with van der Waals surface area (Å²) in [5.41, 5.74) is 1.89. The van der Waals surface area contributed by atoms with Gasteiger partial charge in [0, 0.05) is 20.8 Å². The van der Waals surface area contributed by atoms with E-state index >= 15 is 0 Å². The fourth-order valence-electron chi connectivity index (χ4n) is 8.36. The molecule has 6 rings (SSSR count). The molecule has 0 heterocycles. The van der Waals surface area contributed by atoms with Gasteiger partial charge in [-0.3, -0.25) is 28.8 Å². The Kier molecular flexibility index (Phi) is 17.6. The zero-order chi connectivity index (χ0) is 51.8. The lowest BCUT2D eigenvalue weighted by atomic mass is 9.74. The molecule has 0 saturated heterocycles. The second-order valence-corrected chi connectivity index (χ2v) is 16.3. The van der Waals surface area contributed by atoms with E-state index in [1.54, 1.807) is 0 Å². The van der Waals surface area contributed by atoms with Crippen molar-refractivity contribution in [2.75, 3.05) is 0 Å². The van der Waals surface area contributed by atoms with E-state index in [4.69, 9.17) is 10.5 Å². The summed E-state index contributed by atoms with van der Waals surface area (Å²) in [5.74, 6) is -4.95. The number of ketones is 3. The first-order valence-corrected chi connectivity index (χ1v) is 21.0. The van der Waals surface area contributed by atoms with Crippen molar-refractivity contribution in [2.24, 2.45) is 5.73 Å². The molecule has 0 aromatic heterocycles. The molecule has 69 heavy (non-hydrogen) atoms. The number of hydrogen-bond acceptors (Lipinski definition) is 13. The second kappa shape index (κ2) is 22.0. The quantitative estimate of drug-likeness (QED) is 0.114. The van der Waals surface area contributed by atoms with Crippen LogP contribution in [-0.4, -0.2) is 82.7 Å². The van der Waals surface area contributed by atoms with Crippen molar-refractivity contribution < 1.29 is 97.4 Å². The van der Waals surface area contributed by atoms with Crippen LogP contribution >= 0.6 is 0 Å². The van der Waals surface area contributed by atoms with Gasteiger partial charge >= 0.3 is 25.1 Å². The molecular formula is C45H48F9N3O12. The van der Waals surface area contributed by atoms with Gasteiger partial charge in [0.2, 0.25) is 17.6 Å². The van der Waals surface area contributed by atoms with Crippen molar-refractivity contribution in [3.63, 3.8) is 0 Å². The van der Waals surface area contributed by atoms with Crippen LogP contribution in [0.2, 0.25) is 0 Å². The molecule has 3 aliphatic rings. The van der Waals surface area contributed by atoms with Crippen LogP contribution in [0.4, 0.5) is 39.5 Å². The number of nitrogens with two attached hydrogens (primary N) is 1. The maximum Gasteiger partial charge on any atom is 0.573 e. The molecule has 2 amide bonds. The van der Waals surface area contributed by atoms with E-state index in [0.29, 0.717) is 25.7 Å². The van der Waals surface area contributed by atoms with Gasteiger partial charge in [-0.15, -0.1) is 39.5 Å². The van der Waals surface area contributed by atoms with Crippen molar-refractivity contribution in [1.29, 1.82) is 0 Å². The molecule has 0 spiro atoms. The Balaban J connectivity index is 0.000000227. The number of carbonyl (C=O) groups excluding carboxylic acids is 6. The highest BCUT2D eigenvalue weighted by Gasteiger charge is 2.50. The average Bonchev–Trinajstić information content (AvgIpc) is 3.21. The number of aliphatic hydroxyl groups is 2. The van der Waals surface area contributed by atoms with Gasteiger partial charge in [-0.1, -0.05) is 36.4 Å². The van der Waals surface area contributed by atoms with Crippen LogP contribution in [0.25, 0.3) is 0 Å². The number of hydrogen-bond donors (Lipinski definition) is 5. The van der Waals surface area contributed by atoms with Gasteiger partial charge in [0.05, 0.1) is 0 Å². The van der Waals surface area contributed by atoms with Crippen LogP contribution in [0, 0.1) is 0 Å². The molecule has 6 atom stereocenters. The highest BCUT2D eigenvalue weighted by atomic mass is 19.4. The van der Waals surface area contributed by atoms with Crippen LogP contribution in [0.15, 0.2) is 72.8 Å². The summed E-state index contributed by atoms with van der Waals surface area (Å²) in [6, 6.07) is 14.7. The summed E-state index contributed by atoms with van der Waals surface area (Å²) in [4.78, 5) is 71.8. The number of alkyl halides is 9. The Morgan fingerprint density at radius 2 is 0.928 bits per heavy atom. The molecule has 378 valence electrons. The van der Waals surface area contributed by atoms with Crippen molar-refractivity contribution in [2.45, 2.75) is 133 Å². The molecule has 15 nitrogen and oxygen atoms in total. The van der Waals surface area contributed by atoms with E-state index in [2.05, 4.69) is 24.8 Å². The van der Waals surface area contributed by atoms with E-state index in [-0.39, 0.29) is 48.8 Å². The van der Waals surface area contributed by atoms with Crippen LogP contribution in [0.1, 0.15) is 95.2 Å². The number of nitrogens with one attached hydrogen (secondary N) is 2. The maximum absolute atomic E-state index is 13.0. The normalized spacial score (nSPS) is 25.1. The minimum Gasteiger partial charge on any atom is -0.454 e. The summed E-state index contributed by atoms with van der Waals surface area (Å²) >= 11 is 0. The van der Waals surface area contributed by atoms with Crippen molar-refractivity contribution in [3.8, 4) is 17.2 Å². The number of amides is 2. The van der Waals surface area contributed by atoms with Crippen LogP contribution in [0.5, 0.6) is 17.2 Å². The van der Waals surface area contributed by atoms with Gasteiger partial charge < -0.3 is 45.5 Å². The Bertz CT molecular complexity index is 2360. The molecule has 3 saturated carbocycles. The fourth-order valence-corrected chi connectivity index (χ4v) is 8.36. The van der Waals surface area contributed by atoms with Crippen LogP contribution in [-0.2, 0) is 50.1 Å². The molecule has 3 aromatic rings. The van der Waals surface area contributed by atoms with Gasteiger partial charge in [0.1, 0.15) is 46.1 Å². The molecule has 0 radical (unpaired) electrons. The third kappa shape index (κ3) is 14.9. The van der Waals surface area contributed by atoms with E-state index in [0.717, 1.165) is 43.3 Å². The number of aliphatic hydroxyl groups excluding tert-OH is 2. The van der Waals surface area contributed by atoms with E-state index in [1.165, 1.54) is 50.2 Å². The Labute approximate surface area is 387 Å². The number of esters is 1. The standard InChI is InChI=1S/C17H18F3NO5.C15H16F3NO4.C13H14F3NO3/c1-10(22)21-16(8-4-7-14(15(16)24)25-11(2)23)12-5-3-6-13(9-12)26-17(18,19)20;1-9(20)19-14(7-3-6-12(21)13(14)22)10-4-2-5-11(8-10)23-15(16,17)18;14-13(15,16)20-9-4-1-3-8(7-9)12(17)6-2-5-10(18)11(12)19/h3,5-6,9,14H,4,7-8H2,1-2H3,(H,21,22);2,4-5,8,12,21H,3,6-7H2,1H3,(H,19,20);1,3-4,7,10,18H,2,5-6,17H2. The van der Waals surface area contributed by atoms with E-state index in [1.807, 2.05) is 0 Å². The third-order valence-electron chi connectivity index (χ3n) is 11.1. The molecular weight excluding hydrogens is 945 g/mol. The minimum atomic E-state index is -4.89. The molecule has 3 fully saturated rings. The zero-order valence-electron chi connectivity index (χ0n) is 37.0. The number of Topliss-reactive ketones (excluding diaryl/α,β-unsaturated/α-hetero) is 3. The Morgan fingerprint density at radius 1 is 0.565 bits per heavy atom. The van der Waals surface area contributed by atoms with Crippen molar-refractivity contribution in [1.82, 2.24) is 10.6 Å². The number of carbonyl (C=O) groups is 6. The van der Waals surface area contributed by atoms with E-state index < -0.39 is 106 Å². The minimum absolute atomic E-state index is 0.135. The summed E-state index contributed by atoms with van der Waals surface area (Å²) < 4.78 is 128. The number of halogens is 9. The Morgan fingerprint density at radius 3 is 1.33 bits per heavy atom. The summed E-state index contributed by atoms with van der Waals surface area (Å²) in [7, 11) is 0. The lowest BCUT2D eigenvalue weighted by Gasteiger charge is -2.39. The zero-order valence-corrected chi connectivity index (χ0v) is 37.0.